The third-order valence-corrected chi connectivity index (χ3v) is 4.62. The van der Waals surface area contributed by atoms with Crippen molar-refractivity contribution in [2.75, 3.05) is 6.61 Å². The van der Waals surface area contributed by atoms with Crippen molar-refractivity contribution in [1.29, 1.82) is 0 Å². The summed E-state index contributed by atoms with van der Waals surface area (Å²) in [5, 5.41) is 21.7. The normalized spacial score (nSPS) is 12.4. The first-order chi connectivity index (χ1) is 15.2. The van der Waals surface area contributed by atoms with Crippen LogP contribution in [-0.2, 0) is 14.3 Å². The van der Waals surface area contributed by atoms with Gasteiger partial charge in [0, 0.05) is 23.8 Å². The molecule has 32 heavy (non-hydrogen) atoms. The molecule has 0 aliphatic heterocycles. The number of primary amides is 1. The molecule has 0 saturated carbocycles. The number of ether oxygens (including phenoxy) is 1. The van der Waals surface area contributed by atoms with Gasteiger partial charge in [-0.2, -0.15) is 0 Å². The highest BCUT2D eigenvalue weighted by Gasteiger charge is 2.32. The van der Waals surface area contributed by atoms with Crippen LogP contribution in [0.1, 0.15) is 35.4 Å². The van der Waals surface area contributed by atoms with Gasteiger partial charge in [-0.25, -0.2) is 9.97 Å². The number of carbonyl (C=O) groups is 2. The molecule has 164 valence electrons. The summed E-state index contributed by atoms with van der Waals surface area (Å²) in [5.74, 6) is -3.78. The number of rotatable bonds is 7. The quantitative estimate of drug-likeness (QED) is 0.188. The van der Waals surface area contributed by atoms with Gasteiger partial charge >= 0.3 is 5.97 Å². The first kappa shape index (κ1) is 22.3. The summed E-state index contributed by atoms with van der Waals surface area (Å²) in [6.45, 7) is 3.46. The van der Waals surface area contributed by atoms with Crippen molar-refractivity contribution in [1.82, 2.24) is 9.97 Å². The van der Waals surface area contributed by atoms with Gasteiger partial charge < -0.3 is 15.6 Å². The molecule has 1 aromatic heterocycles. The number of nitro benzene ring substituents is 1. The highest BCUT2D eigenvalue weighted by atomic mass is 16.6. The van der Waals surface area contributed by atoms with Gasteiger partial charge in [0.05, 0.1) is 34.0 Å². The third kappa shape index (κ3) is 4.69. The Labute approximate surface area is 182 Å². The minimum absolute atomic E-state index is 0.00119. The molecule has 1 amide bonds. The monoisotopic (exact) mass is 436 g/mol. The molecule has 0 bridgehead atoms. The standard InChI is InChI=1S/C22H20N4O6/c1-3-32-22(29)19(21(23)28)20-17(11-18(27)13-6-4-12(2)5-7-13)24-15-9-8-14(26(30)31)10-16(15)25-20/h4-11,19,27H,3H2,1-2H3,(H2,23,28)/b18-11-. The Morgan fingerprint density at radius 1 is 1.19 bits per heavy atom. The van der Waals surface area contributed by atoms with Gasteiger partial charge in [0.2, 0.25) is 5.91 Å². The number of aliphatic hydroxyl groups is 1. The van der Waals surface area contributed by atoms with Gasteiger partial charge in [-0.3, -0.25) is 19.7 Å². The second-order valence-electron chi connectivity index (χ2n) is 6.91. The minimum atomic E-state index is -1.62. The zero-order valence-electron chi connectivity index (χ0n) is 17.3. The van der Waals surface area contributed by atoms with E-state index in [4.69, 9.17) is 10.5 Å². The number of fused-ring (bicyclic) bond motifs is 1. The summed E-state index contributed by atoms with van der Waals surface area (Å²) in [6, 6.07) is 10.8. The van der Waals surface area contributed by atoms with Crippen LogP contribution in [0.25, 0.3) is 22.9 Å². The highest BCUT2D eigenvalue weighted by molar-refractivity contribution is 6.03. The van der Waals surface area contributed by atoms with E-state index in [0.717, 1.165) is 5.56 Å². The van der Waals surface area contributed by atoms with Crippen LogP contribution < -0.4 is 5.73 Å². The molecule has 3 aromatic rings. The lowest BCUT2D eigenvalue weighted by atomic mass is 10.0. The van der Waals surface area contributed by atoms with E-state index < -0.39 is 22.7 Å². The number of carbonyl (C=O) groups excluding carboxylic acids is 2. The summed E-state index contributed by atoms with van der Waals surface area (Å²) in [7, 11) is 0. The molecule has 0 radical (unpaired) electrons. The van der Waals surface area contributed by atoms with Crippen LogP contribution >= 0.6 is 0 Å². The predicted octanol–water partition coefficient (Wildman–Crippen LogP) is 3.03. The number of amides is 1. The van der Waals surface area contributed by atoms with Crippen molar-refractivity contribution in [2.45, 2.75) is 19.8 Å². The van der Waals surface area contributed by atoms with Crippen molar-refractivity contribution in [3.05, 3.63) is 75.1 Å². The van der Waals surface area contributed by atoms with E-state index in [1.165, 1.54) is 24.3 Å². The molecule has 2 aromatic carbocycles. The van der Waals surface area contributed by atoms with Gasteiger partial charge in [-0.15, -0.1) is 0 Å². The van der Waals surface area contributed by atoms with E-state index in [2.05, 4.69) is 9.97 Å². The average molecular weight is 436 g/mol. The molecule has 0 aliphatic carbocycles. The van der Waals surface area contributed by atoms with Crippen molar-refractivity contribution < 1.29 is 24.4 Å². The van der Waals surface area contributed by atoms with E-state index in [1.807, 2.05) is 6.92 Å². The van der Waals surface area contributed by atoms with Crippen molar-refractivity contribution in [3.63, 3.8) is 0 Å². The van der Waals surface area contributed by atoms with E-state index in [9.17, 15) is 24.8 Å². The van der Waals surface area contributed by atoms with E-state index in [1.54, 1.807) is 31.2 Å². The molecule has 0 aliphatic rings. The van der Waals surface area contributed by atoms with Crippen LogP contribution in [0.15, 0.2) is 42.5 Å². The van der Waals surface area contributed by atoms with E-state index in [-0.39, 0.29) is 40.5 Å². The Kier molecular flexibility index (Phi) is 6.43. The Balaban J connectivity index is 2.25. The number of nitro groups is 1. The number of esters is 1. The summed E-state index contributed by atoms with van der Waals surface area (Å²) < 4.78 is 4.95. The zero-order valence-corrected chi connectivity index (χ0v) is 17.3. The largest absolute Gasteiger partial charge is 0.507 e. The Morgan fingerprint density at radius 3 is 2.47 bits per heavy atom. The summed E-state index contributed by atoms with van der Waals surface area (Å²) in [5.41, 5.74) is 6.83. The Morgan fingerprint density at radius 2 is 1.88 bits per heavy atom. The van der Waals surface area contributed by atoms with Crippen molar-refractivity contribution >= 4 is 40.4 Å². The number of nitrogens with zero attached hydrogens (tertiary/aromatic N) is 3. The number of hydrogen-bond acceptors (Lipinski definition) is 8. The van der Waals surface area contributed by atoms with Crippen LogP contribution in [0.4, 0.5) is 5.69 Å². The molecular weight excluding hydrogens is 416 g/mol. The first-order valence-corrected chi connectivity index (χ1v) is 9.61. The highest BCUT2D eigenvalue weighted by Crippen LogP contribution is 2.27. The van der Waals surface area contributed by atoms with Crippen LogP contribution in [0.5, 0.6) is 0 Å². The number of nitrogens with two attached hydrogens (primary N) is 1. The molecule has 1 atom stereocenters. The molecule has 10 heteroatoms. The molecule has 10 nitrogen and oxygen atoms in total. The summed E-state index contributed by atoms with van der Waals surface area (Å²) in [4.78, 5) is 43.8. The maximum absolute atomic E-state index is 12.5. The first-order valence-electron chi connectivity index (χ1n) is 9.61. The maximum Gasteiger partial charge on any atom is 0.324 e. The van der Waals surface area contributed by atoms with Gasteiger partial charge in [-0.1, -0.05) is 29.8 Å². The lowest BCUT2D eigenvalue weighted by molar-refractivity contribution is -0.384. The predicted molar refractivity (Wildman–Crippen MR) is 116 cm³/mol. The molecular formula is C22H20N4O6. The Bertz CT molecular complexity index is 1240. The number of benzene rings is 2. The second kappa shape index (κ2) is 9.21. The van der Waals surface area contributed by atoms with Crippen LogP contribution in [0.3, 0.4) is 0 Å². The molecule has 3 rings (SSSR count). The number of non-ortho nitro benzene ring substituents is 1. The molecule has 3 N–H and O–H groups in total. The zero-order chi connectivity index (χ0) is 23.4. The fraction of sp³-hybridized carbons (Fsp3) is 0.182. The van der Waals surface area contributed by atoms with Crippen LogP contribution in [-0.4, -0.2) is 38.5 Å². The third-order valence-electron chi connectivity index (χ3n) is 4.62. The number of aromatic nitrogens is 2. The Hall–Kier alpha value is -4.34. The summed E-state index contributed by atoms with van der Waals surface area (Å²) in [6.07, 6.45) is 1.25. The SMILES string of the molecule is CCOC(=O)C(C(N)=O)c1nc2cc([N+](=O)[O-])ccc2nc1/C=C(\O)c1ccc(C)cc1. The fourth-order valence-electron chi connectivity index (χ4n) is 3.03. The molecule has 0 fully saturated rings. The van der Waals surface area contributed by atoms with E-state index in [0.29, 0.717) is 5.56 Å². The topological polar surface area (TPSA) is 159 Å². The van der Waals surface area contributed by atoms with Gasteiger partial charge in [-0.05, 0) is 19.9 Å². The van der Waals surface area contributed by atoms with Crippen LogP contribution in [0, 0.1) is 17.0 Å². The fourth-order valence-corrected chi connectivity index (χ4v) is 3.03. The summed E-state index contributed by atoms with van der Waals surface area (Å²) >= 11 is 0. The maximum atomic E-state index is 12.5. The average Bonchev–Trinajstić information content (AvgIpc) is 2.74. The lowest BCUT2D eigenvalue weighted by Gasteiger charge is -2.15. The minimum Gasteiger partial charge on any atom is -0.507 e. The van der Waals surface area contributed by atoms with Gasteiger partial charge in [0.25, 0.3) is 5.69 Å². The second-order valence-corrected chi connectivity index (χ2v) is 6.91. The van der Waals surface area contributed by atoms with Gasteiger partial charge in [0.15, 0.2) is 5.92 Å². The molecule has 0 saturated heterocycles. The van der Waals surface area contributed by atoms with Gasteiger partial charge in [0.1, 0.15) is 5.76 Å². The smallest absolute Gasteiger partial charge is 0.324 e. The number of aryl methyl sites for hydroxylation is 1. The van der Waals surface area contributed by atoms with E-state index >= 15 is 0 Å². The molecule has 1 unspecified atom stereocenters. The van der Waals surface area contributed by atoms with Crippen molar-refractivity contribution in [2.24, 2.45) is 5.73 Å². The number of aliphatic hydroxyl groups excluding tert-OH is 1. The lowest BCUT2D eigenvalue weighted by Crippen LogP contribution is -2.31. The van der Waals surface area contributed by atoms with Crippen LogP contribution in [0.2, 0.25) is 0 Å². The number of hydrogen-bond donors (Lipinski definition) is 2. The van der Waals surface area contributed by atoms with Crippen molar-refractivity contribution in [3.8, 4) is 0 Å². The molecule has 0 spiro atoms. The molecule has 1 heterocycles.